The number of carbonyl (C=O) groups is 1. The van der Waals surface area contributed by atoms with Crippen LogP contribution < -0.4 is 5.32 Å². The predicted molar refractivity (Wildman–Crippen MR) is 192 cm³/mol. The van der Waals surface area contributed by atoms with Crippen molar-refractivity contribution in [3.05, 3.63) is 69.8 Å². The van der Waals surface area contributed by atoms with Gasteiger partial charge in [0.15, 0.2) is 5.78 Å². The van der Waals surface area contributed by atoms with E-state index in [1.54, 1.807) is 12.1 Å². The summed E-state index contributed by atoms with van der Waals surface area (Å²) in [7, 11) is 4.27. The van der Waals surface area contributed by atoms with Crippen LogP contribution in [0.25, 0.3) is 12.2 Å². The number of phenolic OH excluding ortho intramolecular Hbond substituents is 2. The van der Waals surface area contributed by atoms with E-state index in [0.717, 1.165) is 74.6 Å². The lowest BCUT2D eigenvalue weighted by Gasteiger charge is -2.32. The zero-order valence-corrected chi connectivity index (χ0v) is 29.3. The van der Waals surface area contributed by atoms with Gasteiger partial charge in [0.25, 0.3) is 0 Å². The zero-order valence-electron chi connectivity index (χ0n) is 25.2. The monoisotopic (exact) mass is 711 g/mol. The molecule has 13 heteroatoms. The molecule has 2 aromatic carbocycles. The summed E-state index contributed by atoms with van der Waals surface area (Å²) >= 11 is 0. The summed E-state index contributed by atoms with van der Waals surface area (Å²) in [4.78, 5) is 22.8. The van der Waals surface area contributed by atoms with Crippen molar-refractivity contribution in [3.63, 3.8) is 0 Å². The Morgan fingerprint density at radius 1 is 0.636 bits per heavy atom. The van der Waals surface area contributed by atoms with Crippen molar-refractivity contribution in [2.24, 2.45) is 0 Å². The number of halogens is 5. The molecule has 0 unspecified atom stereocenters. The topological polar surface area (TPSA) is 82.5 Å². The highest BCUT2D eigenvalue weighted by molar-refractivity contribution is 6.14. The molecular formula is C31H46Cl5N5O3. The van der Waals surface area contributed by atoms with E-state index in [4.69, 9.17) is 0 Å². The van der Waals surface area contributed by atoms with E-state index < -0.39 is 0 Å². The first-order valence-electron chi connectivity index (χ1n) is 14.0. The van der Waals surface area contributed by atoms with Gasteiger partial charge >= 0.3 is 0 Å². The van der Waals surface area contributed by atoms with E-state index in [1.165, 1.54) is 0 Å². The van der Waals surface area contributed by atoms with Gasteiger partial charge in [-0.1, -0.05) is 12.1 Å². The van der Waals surface area contributed by atoms with Gasteiger partial charge in [-0.2, -0.15) is 0 Å². The zero-order chi connectivity index (χ0) is 27.4. The first-order valence-corrected chi connectivity index (χ1v) is 14.0. The van der Waals surface area contributed by atoms with E-state index in [-0.39, 0.29) is 67.8 Å². The fourth-order valence-electron chi connectivity index (χ4n) is 5.47. The molecule has 3 aliphatic heterocycles. The SMILES string of the molecule is CN1CCN(Cc2cc(C=C3CNCC(=Cc4ccc(O)c(CN5CCN(C)CC5)c4)C3=O)ccc2O)CC1.Cl.Cl.Cl.Cl.Cl. The average molecular weight is 714 g/mol. The minimum absolute atomic E-state index is 0. The lowest BCUT2D eigenvalue weighted by Crippen LogP contribution is -2.43. The Balaban J connectivity index is 0.00000370. The molecule has 44 heavy (non-hydrogen) atoms. The van der Waals surface area contributed by atoms with Gasteiger partial charge < -0.3 is 25.3 Å². The second kappa shape index (κ2) is 19.8. The lowest BCUT2D eigenvalue weighted by molar-refractivity contribution is -0.112. The number of benzene rings is 2. The molecule has 3 saturated heterocycles. The number of hydrogen-bond acceptors (Lipinski definition) is 8. The predicted octanol–water partition coefficient (Wildman–Crippen LogP) is 4.34. The van der Waals surface area contributed by atoms with Crippen molar-refractivity contribution in [3.8, 4) is 11.5 Å². The summed E-state index contributed by atoms with van der Waals surface area (Å²) in [6.45, 7) is 10.4. The molecule has 3 N–H and O–H groups in total. The number of hydrogen-bond donors (Lipinski definition) is 3. The van der Waals surface area contributed by atoms with Crippen LogP contribution in [0, 0.1) is 0 Å². The van der Waals surface area contributed by atoms with Gasteiger partial charge in [0.05, 0.1) is 0 Å². The molecule has 0 bridgehead atoms. The maximum atomic E-state index is 13.4. The Labute approximate surface area is 292 Å². The number of likely N-dealkylation sites (N-methyl/N-ethyl adjacent to an activating group) is 2. The molecule has 0 amide bonds. The van der Waals surface area contributed by atoms with Crippen LogP contribution in [0.4, 0.5) is 0 Å². The molecule has 8 nitrogen and oxygen atoms in total. The van der Waals surface area contributed by atoms with Gasteiger partial charge in [0, 0.05) is 101 Å². The third kappa shape index (κ3) is 11.4. The van der Waals surface area contributed by atoms with E-state index in [9.17, 15) is 15.0 Å². The van der Waals surface area contributed by atoms with Crippen molar-refractivity contribution >= 4 is 80.0 Å². The van der Waals surface area contributed by atoms with Gasteiger partial charge in [-0.05, 0) is 61.6 Å². The minimum atomic E-state index is 0. The highest BCUT2D eigenvalue weighted by atomic mass is 35.5. The van der Waals surface area contributed by atoms with Crippen LogP contribution in [0.3, 0.4) is 0 Å². The van der Waals surface area contributed by atoms with Gasteiger partial charge in [-0.3, -0.25) is 14.6 Å². The number of nitrogens with zero attached hydrogens (tertiary/aromatic N) is 4. The Morgan fingerprint density at radius 3 is 1.36 bits per heavy atom. The first kappa shape index (κ1) is 42.4. The van der Waals surface area contributed by atoms with Crippen molar-refractivity contribution < 1.29 is 15.0 Å². The van der Waals surface area contributed by atoms with Crippen LogP contribution in [0.15, 0.2) is 47.5 Å². The summed E-state index contributed by atoms with van der Waals surface area (Å²) in [5, 5.41) is 24.3. The Bertz CT molecular complexity index is 1170. The highest BCUT2D eigenvalue weighted by Crippen LogP contribution is 2.26. The number of aromatic hydroxyl groups is 2. The molecular weight excluding hydrogens is 668 g/mol. The van der Waals surface area contributed by atoms with E-state index >= 15 is 0 Å². The molecule has 0 aliphatic carbocycles. The Kier molecular flexibility index (Phi) is 19.1. The summed E-state index contributed by atoms with van der Waals surface area (Å²) in [5.41, 5.74) is 5.03. The molecule has 248 valence electrons. The quantitative estimate of drug-likeness (QED) is 0.382. The normalized spacial score (nSPS) is 20.1. The molecule has 0 spiro atoms. The van der Waals surface area contributed by atoms with Crippen molar-refractivity contribution in [1.29, 1.82) is 0 Å². The van der Waals surface area contributed by atoms with Gasteiger partial charge in [-0.25, -0.2) is 0 Å². The van der Waals surface area contributed by atoms with Crippen LogP contribution in [0.2, 0.25) is 0 Å². The summed E-state index contributed by atoms with van der Waals surface area (Å²) in [6, 6.07) is 11.2. The van der Waals surface area contributed by atoms with Crippen molar-refractivity contribution in [1.82, 2.24) is 24.9 Å². The number of carbonyl (C=O) groups excluding carboxylic acids is 1. The summed E-state index contributed by atoms with van der Waals surface area (Å²) < 4.78 is 0. The van der Waals surface area contributed by atoms with Crippen LogP contribution in [-0.4, -0.2) is 115 Å². The molecule has 2 aromatic rings. The van der Waals surface area contributed by atoms with Crippen LogP contribution >= 0.6 is 62.0 Å². The van der Waals surface area contributed by atoms with Crippen molar-refractivity contribution in [2.75, 3.05) is 79.5 Å². The molecule has 0 aromatic heterocycles. The Morgan fingerprint density at radius 2 is 1.00 bits per heavy atom. The molecule has 3 fully saturated rings. The average Bonchev–Trinajstić information content (AvgIpc) is 2.93. The number of Topliss-reactive ketones (excluding diaryl/α,β-unsaturated/α-hetero) is 1. The third-order valence-corrected chi connectivity index (χ3v) is 8.08. The van der Waals surface area contributed by atoms with Crippen LogP contribution in [0.1, 0.15) is 22.3 Å². The molecule has 5 rings (SSSR count). The maximum absolute atomic E-state index is 13.4. The van der Waals surface area contributed by atoms with Gasteiger partial charge in [0.1, 0.15) is 11.5 Å². The van der Waals surface area contributed by atoms with Crippen LogP contribution in [0.5, 0.6) is 11.5 Å². The Hall–Kier alpha value is -1.56. The first-order chi connectivity index (χ1) is 18.8. The standard InChI is InChI=1S/C31H41N5O3.5ClH/c1-33-7-11-35(12-8-33)21-27-17-23(3-5-29(27)37)15-25-19-32-20-26(31(25)39)16-24-4-6-30(38)28(18-24)22-36-13-9-34(2)10-14-36;;;;;/h3-6,15-18,32,37-38H,7-14,19-22H2,1-2H3;5*1H. The molecule has 0 atom stereocenters. The number of nitrogens with one attached hydrogen (secondary N) is 1. The maximum Gasteiger partial charge on any atom is 0.187 e. The smallest absolute Gasteiger partial charge is 0.187 e. The fraction of sp³-hybridized carbons (Fsp3) is 0.452. The fourth-order valence-corrected chi connectivity index (χ4v) is 5.47. The lowest BCUT2D eigenvalue weighted by atomic mass is 9.94. The number of ketones is 1. The molecule has 3 aliphatic rings. The number of piperazine rings is 2. The third-order valence-electron chi connectivity index (χ3n) is 8.08. The molecule has 0 saturated carbocycles. The number of phenols is 2. The highest BCUT2D eigenvalue weighted by Gasteiger charge is 2.21. The number of rotatable bonds is 6. The van der Waals surface area contributed by atoms with Crippen molar-refractivity contribution in [2.45, 2.75) is 13.1 Å². The van der Waals surface area contributed by atoms with E-state index in [2.05, 4.69) is 39.0 Å². The largest absolute Gasteiger partial charge is 0.508 e. The minimum Gasteiger partial charge on any atom is -0.508 e. The van der Waals surface area contributed by atoms with E-state index in [1.807, 2.05) is 36.4 Å². The summed E-state index contributed by atoms with van der Waals surface area (Å²) in [5.74, 6) is 0.630. The van der Waals surface area contributed by atoms with Gasteiger partial charge in [-0.15, -0.1) is 62.0 Å². The number of piperidine rings is 1. The second-order valence-electron chi connectivity index (χ2n) is 11.2. The molecule has 3 heterocycles. The van der Waals surface area contributed by atoms with Crippen LogP contribution in [-0.2, 0) is 17.9 Å². The van der Waals surface area contributed by atoms with E-state index in [0.29, 0.717) is 48.8 Å². The molecule has 0 radical (unpaired) electrons. The van der Waals surface area contributed by atoms with Gasteiger partial charge in [0.2, 0.25) is 0 Å². The second-order valence-corrected chi connectivity index (χ2v) is 11.2. The summed E-state index contributed by atoms with van der Waals surface area (Å²) in [6.07, 6.45) is 3.87.